The van der Waals surface area contributed by atoms with Crippen LogP contribution in [0.4, 0.5) is 5.69 Å². The van der Waals surface area contributed by atoms with E-state index in [0.717, 1.165) is 10.4 Å². The zero-order valence-electron chi connectivity index (χ0n) is 16.9. The maximum atomic E-state index is 13.2. The third-order valence-corrected chi connectivity index (χ3v) is 6.03. The number of carbonyl (C=O) groups excluding carboxylic acids is 2. The Balaban J connectivity index is 1.60. The first-order valence-corrected chi connectivity index (χ1v) is 11.2. The van der Waals surface area contributed by atoms with Gasteiger partial charge in [0, 0.05) is 28.2 Å². The molecule has 0 radical (unpaired) electrons. The molecule has 1 N–H and O–H groups in total. The maximum Gasteiger partial charge on any atom is 0.278 e. The number of amides is 2. The first kappa shape index (κ1) is 21.2. The average Bonchev–Trinajstić information content (AvgIpc) is 3.36. The lowest BCUT2D eigenvalue weighted by atomic mass is 10.1. The molecule has 2 heterocycles. The SMILES string of the molecule is CCOc1cccc(NC2=C(c3cccs3)C(=O)N(CCc3ccc(Cl)cc3)C2=O)c1. The van der Waals surface area contributed by atoms with Crippen LogP contribution < -0.4 is 10.1 Å². The Bertz CT molecular complexity index is 1120. The van der Waals surface area contributed by atoms with Crippen LogP contribution in [0.2, 0.25) is 5.02 Å². The zero-order chi connectivity index (χ0) is 21.8. The summed E-state index contributed by atoms with van der Waals surface area (Å²) in [5.41, 5.74) is 2.39. The zero-order valence-corrected chi connectivity index (χ0v) is 18.5. The highest BCUT2D eigenvalue weighted by Crippen LogP contribution is 2.33. The van der Waals surface area contributed by atoms with E-state index in [1.54, 1.807) is 12.1 Å². The Kier molecular flexibility index (Phi) is 6.39. The fraction of sp³-hybridized carbons (Fsp3) is 0.167. The number of hydrogen-bond donors (Lipinski definition) is 1. The van der Waals surface area contributed by atoms with Gasteiger partial charge >= 0.3 is 0 Å². The number of nitrogens with one attached hydrogen (secondary N) is 1. The third kappa shape index (κ3) is 4.65. The molecule has 0 aliphatic carbocycles. The van der Waals surface area contributed by atoms with Crippen LogP contribution in [0.1, 0.15) is 17.4 Å². The van der Waals surface area contributed by atoms with Crippen molar-refractivity contribution in [1.82, 2.24) is 4.90 Å². The van der Waals surface area contributed by atoms with Gasteiger partial charge in [0.25, 0.3) is 11.8 Å². The molecule has 0 spiro atoms. The number of carbonyl (C=O) groups is 2. The fourth-order valence-electron chi connectivity index (χ4n) is 3.41. The van der Waals surface area contributed by atoms with E-state index in [4.69, 9.17) is 16.3 Å². The first-order chi connectivity index (χ1) is 15.1. The molecule has 0 fully saturated rings. The molecule has 0 unspecified atom stereocenters. The highest BCUT2D eigenvalue weighted by atomic mass is 35.5. The number of imide groups is 1. The van der Waals surface area contributed by atoms with Crippen LogP contribution in [-0.2, 0) is 16.0 Å². The molecular weight excluding hydrogens is 432 g/mol. The van der Waals surface area contributed by atoms with Crippen molar-refractivity contribution < 1.29 is 14.3 Å². The van der Waals surface area contributed by atoms with Crippen molar-refractivity contribution in [2.24, 2.45) is 0 Å². The molecule has 0 saturated carbocycles. The van der Waals surface area contributed by atoms with Gasteiger partial charge in [-0.1, -0.05) is 35.9 Å². The predicted octanol–water partition coefficient (Wildman–Crippen LogP) is 5.23. The van der Waals surface area contributed by atoms with E-state index in [2.05, 4.69) is 5.32 Å². The first-order valence-electron chi connectivity index (χ1n) is 9.95. The summed E-state index contributed by atoms with van der Waals surface area (Å²) >= 11 is 7.38. The Hall–Kier alpha value is -3.09. The normalized spacial score (nSPS) is 13.8. The predicted molar refractivity (Wildman–Crippen MR) is 124 cm³/mol. The largest absolute Gasteiger partial charge is 0.494 e. The Labute approximate surface area is 189 Å². The van der Waals surface area contributed by atoms with Crippen molar-refractivity contribution in [2.45, 2.75) is 13.3 Å². The fourth-order valence-corrected chi connectivity index (χ4v) is 4.31. The number of rotatable bonds is 8. The minimum atomic E-state index is -0.329. The van der Waals surface area contributed by atoms with E-state index < -0.39 is 0 Å². The summed E-state index contributed by atoms with van der Waals surface area (Å²) in [6.07, 6.45) is 0.555. The standard InChI is InChI=1S/C24H21ClN2O3S/c1-2-30-19-6-3-5-18(15-19)26-22-21(20-7-4-14-31-20)23(28)27(24(22)29)13-12-16-8-10-17(25)11-9-16/h3-11,14-15,26H,2,12-13H2,1H3. The van der Waals surface area contributed by atoms with E-state index in [9.17, 15) is 9.59 Å². The maximum absolute atomic E-state index is 13.2. The number of anilines is 1. The van der Waals surface area contributed by atoms with Crippen molar-refractivity contribution >= 4 is 46.0 Å². The van der Waals surface area contributed by atoms with Crippen LogP contribution >= 0.6 is 22.9 Å². The molecule has 1 aliphatic heterocycles. The molecule has 5 nitrogen and oxygen atoms in total. The highest BCUT2D eigenvalue weighted by molar-refractivity contribution is 7.11. The average molecular weight is 453 g/mol. The molecule has 0 saturated heterocycles. The third-order valence-electron chi connectivity index (χ3n) is 4.89. The van der Waals surface area contributed by atoms with Crippen LogP contribution in [0.15, 0.2) is 71.7 Å². The second-order valence-electron chi connectivity index (χ2n) is 6.95. The second-order valence-corrected chi connectivity index (χ2v) is 8.34. The van der Waals surface area contributed by atoms with Gasteiger partial charge in [-0.3, -0.25) is 14.5 Å². The minimum absolute atomic E-state index is 0.287. The molecule has 3 aromatic rings. The van der Waals surface area contributed by atoms with Crippen molar-refractivity contribution in [3.63, 3.8) is 0 Å². The molecule has 1 aromatic heterocycles. The van der Waals surface area contributed by atoms with Gasteiger partial charge in [0.05, 0.1) is 12.2 Å². The van der Waals surface area contributed by atoms with Gasteiger partial charge in [0.2, 0.25) is 0 Å². The summed E-state index contributed by atoms with van der Waals surface area (Å²) in [6.45, 7) is 2.75. The minimum Gasteiger partial charge on any atom is -0.494 e. The summed E-state index contributed by atoms with van der Waals surface area (Å²) in [5, 5.41) is 5.72. The molecule has 0 atom stereocenters. The molecule has 31 heavy (non-hydrogen) atoms. The highest BCUT2D eigenvalue weighted by Gasteiger charge is 2.39. The molecule has 1 aliphatic rings. The number of ether oxygens (including phenoxy) is 1. The molecule has 158 valence electrons. The number of thiophene rings is 1. The van der Waals surface area contributed by atoms with E-state index in [1.807, 2.05) is 60.8 Å². The van der Waals surface area contributed by atoms with Gasteiger partial charge in [-0.15, -0.1) is 11.3 Å². The van der Waals surface area contributed by atoms with Gasteiger partial charge in [0.1, 0.15) is 11.4 Å². The number of benzene rings is 2. The summed E-state index contributed by atoms with van der Waals surface area (Å²) in [6, 6.07) is 18.5. The summed E-state index contributed by atoms with van der Waals surface area (Å²) in [7, 11) is 0. The number of halogens is 1. The monoisotopic (exact) mass is 452 g/mol. The summed E-state index contributed by atoms with van der Waals surface area (Å²) in [4.78, 5) is 28.5. The van der Waals surface area contributed by atoms with Gasteiger partial charge in [-0.2, -0.15) is 0 Å². The lowest BCUT2D eigenvalue weighted by Gasteiger charge is -2.15. The Morgan fingerprint density at radius 1 is 1.03 bits per heavy atom. The molecular formula is C24H21ClN2O3S. The smallest absolute Gasteiger partial charge is 0.278 e. The van der Waals surface area contributed by atoms with E-state index in [0.29, 0.717) is 41.6 Å². The van der Waals surface area contributed by atoms with Gasteiger partial charge in [0.15, 0.2) is 0 Å². The molecule has 7 heteroatoms. The van der Waals surface area contributed by atoms with E-state index >= 15 is 0 Å². The Morgan fingerprint density at radius 2 is 1.84 bits per heavy atom. The number of hydrogen-bond acceptors (Lipinski definition) is 5. The van der Waals surface area contributed by atoms with Gasteiger partial charge in [-0.05, 0) is 54.6 Å². The van der Waals surface area contributed by atoms with Crippen LogP contribution in [0.25, 0.3) is 5.57 Å². The van der Waals surface area contributed by atoms with Crippen molar-refractivity contribution in [3.05, 3.63) is 87.2 Å². The molecule has 2 aromatic carbocycles. The lowest BCUT2D eigenvalue weighted by molar-refractivity contribution is -0.136. The van der Waals surface area contributed by atoms with Crippen LogP contribution in [-0.4, -0.2) is 29.9 Å². The van der Waals surface area contributed by atoms with Crippen LogP contribution in [0, 0.1) is 0 Å². The molecule has 2 amide bonds. The summed E-state index contributed by atoms with van der Waals surface area (Å²) in [5.74, 6) is 0.0798. The topological polar surface area (TPSA) is 58.6 Å². The lowest BCUT2D eigenvalue weighted by Crippen LogP contribution is -2.34. The van der Waals surface area contributed by atoms with Gasteiger partial charge < -0.3 is 10.1 Å². The Morgan fingerprint density at radius 3 is 2.55 bits per heavy atom. The van der Waals surface area contributed by atoms with Crippen LogP contribution in [0.5, 0.6) is 5.75 Å². The molecule has 4 rings (SSSR count). The number of nitrogens with zero attached hydrogens (tertiary/aromatic N) is 1. The van der Waals surface area contributed by atoms with E-state index in [-0.39, 0.29) is 17.5 Å². The molecule has 0 bridgehead atoms. The van der Waals surface area contributed by atoms with Crippen molar-refractivity contribution in [1.29, 1.82) is 0 Å². The van der Waals surface area contributed by atoms with E-state index in [1.165, 1.54) is 16.2 Å². The van der Waals surface area contributed by atoms with Gasteiger partial charge in [-0.25, -0.2) is 0 Å². The second kappa shape index (κ2) is 9.37. The summed E-state index contributed by atoms with van der Waals surface area (Å²) < 4.78 is 5.55. The van der Waals surface area contributed by atoms with Crippen molar-refractivity contribution in [3.8, 4) is 5.75 Å². The van der Waals surface area contributed by atoms with Crippen molar-refractivity contribution in [2.75, 3.05) is 18.5 Å². The van der Waals surface area contributed by atoms with Crippen LogP contribution in [0.3, 0.4) is 0 Å². The quantitative estimate of drug-likeness (QED) is 0.475.